The summed E-state index contributed by atoms with van der Waals surface area (Å²) in [6.45, 7) is 2.45. The zero-order valence-electron chi connectivity index (χ0n) is 9.31. The number of carbonyl (C=O) groups excluding carboxylic acids is 1. The number of carbonyl (C=O) groups is 1. The number of hydrogen-bond donors (Lipinski definition) is 0. The van der Waals surface area contributed by atoms with E-state index in [4.69, 9.17) is 14.2 Å². The molecule has 0 saturated heterocycles. The van der Waals surface area contributed by atoms with Crippen LogP contribution < -0.4 is 4.74 Å². The van der Waals surface area contributed by atoms with Crippen molar-refractivity contribution in [1.82, 2.24) is 0 Å². The van der Waals surface area contributed by atoms with Crippen LogP contribution in [0, 0.1) is 0 Å². The Morgan fingerprint density at radius 3 is 2.88 bits per heavy atom. The van der Waals surface area contributed by atoms with E-state index in [0.29, 0.717) is 31.3 Å². The molecule has 0 spiro atoms. The lowest BCUT2D eigenvalue weighted by atomic mass is 10.5. The van der Waals surface area contributed by atoms with Crippen LogP contribution in [0.3, 0.4) is 0 Å². The van der Waals surface area contributed by atoms with Gasteiger partial charge in [-0.3, -0.25) is 4.79 Å². The first kappa shape index (κ1) is 13.2. The van der Waals surface area contributed by atoms with E-state index in [0.717, 1.165) is 18.5 Å². The van der Waals surface area contributed by atoms with Crippen LogP contribution in [0.25, 0.3) is 0 Å². The van der Waals surface area contributed by atoms with Gasteiger partial charge in [-0.15, -0.1) is 11.3 Å². The first-order valence-corrected chi connectivity index (χ1v) is 5.98. The first-order chi connectivity index (χ1) is 7.86. The standard InChI is InChI=1S/C11H16O4S/c1-13-3-2-4-14-5-6-15-10-7-11(8-12)16-9-10/h7-9H,2-6H2,1H3. The summed E-state index contributed by atoms with van der Waals surface area (Å²) in [5, 5.41) is 1.81. The van der Waals surface area contributed by atoms with E-state index in [2.05, 4.69) is 0 Å². The molecule has 1 aromatic heterocycles. The number of hydrogen-bond acceptors (Lipinski definition) is 5. The maximum Gasteiger partial charge on any atom is 0.160 e. The molecule has 0 fully saturated rings. The minimum Gasteiger partial charge on any atom is -0.490 e. The zero-order valence-corrected chi connectivity index (χ0v) is 10.1. The van der Waals surface area contributed by atoms with Gasteiger partial charge in [0.25, 0.3) is 0 Å². The van der Waals surface area contributed by atoms with Crippen LogP contribution in [0.1, 0.15) is 16.1 Å². The smallest absolute Gasteiger partial charge is 0.160 e. The Labute approximate surface area is 99.1 Å². The van der Waals surface area contributed by atoms with Gasteiger partial charge in [0.2, 0.25) is 0 Å². The molecule has 16 heavy (non-hydrogen) atoms. The van der Waals surface area contributed by atoms with Crippen molar-refractivity contribution in [3.8, 4) is 5.75 Å². The zero-order chi connectivity index (χ0) is 11.6. The monoisotopic (exact) mass is 244 g/mol. The van der Waals surface area contributed by atoms with Crippen LogP contribution in [-0.4, -0.2) is 39.8 Å². The van der Waals surface area contributed by atoms with Gasteiger partial charge in [0.05, 0.1) is 11.5 Å². The Hall–Kier alpha value is -0.910. The molecule has 0 bridgehead atoms. The average molecular weight is 244 g/mol. The molecule has 90 valence electrons. The summed E-state index contributed by atoms with van der Waals surface area (Å²) in [6.07, 6.45) is 1.71. The lowest BCUT2D eigenvalue weighted by molar-refractivity contribution is 0.0807. The third-order valence-corrected chi connectivity index (χ3v) is 2.68. The van der Waals surface area contributed by atoms with Gasteiger partial charge in [-0.2, -0.15) is 0 Å². The van der Waals surface area contributed by atoms with Crippen LogP contribution in [0.2, 0.25) is 0 Å². The largest absolute Gasteiger partial charge is 0.490 e. The molecule has 5 heteroatoms. The summed E-state index contributed by atoms with van der Waals surface area (Å²) in [6, 6.07) is 1.72. The molecule has 0 N–H and O–H groups in total. The molecular formula is C11H16O4S. The molecular weight excluding hydrogens is 228 g/mol. The van der Waals surface area contributed by atoms with E-state index in [1.165, 1.54) is 11.3 Å². The van der Waals surface area contributed by atoms with E-state index in [-0.39, 0.29) is 0 Å². The highest BCUT2D eigenvalue weighted by atomic mass is 32.1. The Balaban J connectivity index is 2.00. The topological polar surface area (TPSA) is 44.8 Å². The van der Waals surface area contributed by atoms with Crippen molar-refractivity contribution in [3.63, 3.8) is 0 Å². The fourth-order valence-electron chi connectivity index (χ4n) is 1.10. The second-order valence-electron chi connectivity index (χ2n) is 3.11. The highest BCUT2D eigenvalue weighted by Gasteiger charge is 1.99. The minimum absolute atomic E-state index is 0.502. The van der Waals surface area contributed by atoms with Gasteiger partial charge in [0, 0.05) is 31.8 Å². The predicted octanol–water partition coefficient (Wildman–Crippen LogP) is 1.99. The molecule has 0 atom stereocenters. The molecule has 4 nitrogen and oxygen atoms in total. The maximum atomic E-state index is 10.4. The molecule has 1 aromatic rings. The number of ether oxygens (including phenoxy) is 3. The molecule has 0 aliphatic heterocycles. The summed E-state index contributed by atoms with van der Waals surface area (Å²) in [5.41, 5.74) is 0. The van der Waals surface area contributed by atoms with Crippen molar-refractivity contribution in [3.05, 3.63) is 16.3 Å². The average Bonchev–Trinajstić information content (AvgIpc) is 2.76. The van der Waals surface area contributed by atoms with Crippen LogP contribution in [0.5, 0.6) is 5.75 Å². The van der Waals surface area contributed by atoms with Crippen LogP contribution in [-0.2, 0) is 9.47 Å². The second-order valence-corrected chi connectivity index (χ2v) is 4.05. The maximum absolute atomic E-state index is 10.4. The summed E-state index contributed by atoms with van der Waals surface area (Å²) < 4.78 is 15.6. The lowest BCUT2D eigenvalue weighted by Gasteiger charge is -2.05. The van der Waals surface area contributed by atoms with Gasteiger partial charge < -0.3 is 14.2 Å². The SMILES string of the molecule is COCCCOCCOc1csc(C=O)c1. The predicted molar refractivity (Wildman–Crippen MR) is 62.5 cm³/mol. The van der Waals surface area contributed by atoms with Gasteiger partial charge in [0.15, 0.2) is 6.29 Å². The van der Waals surface area contributed by atoms with E-state index in [1.54, 1.807) is 13.2 Å². The van der Waals surface area contributed by atoms with Crippen LogP contribution in [0.4, 0.5) is 0 Å². The summed E-state index contributed by atoms with van der Waals surface area (Å²) in [7, 11) is 1.67. The van der Waals surface area contributed by atoms with Gasteiger partial charge >= 0.3 is 0 Å². The molecule has 1 rings (SSSR count). The summed E-state index contributed by atoms with van der Waals surface area (Å²) >= 11 is 1.37. The third-order valence-electron chi connectivity index (χ3n) is 1.85. The van der Waals surface area contributed by atoms with Gasteiger partial charge in [-0.25, -0.2) is 0 Å². The number of rotatable bonds is 9. The van der Waals surface area contributed by atoms with Crippen molar-refractivity contribution in [2.24, 2.45) is 0 Å². The van der Waals surface area contributed by atoms with E-state index >= 15 is 0 Å². The molecule has 0 aromatic carbocycles. The minimum atomic E-state index is 0.502. The van der Waals surface area contributed by atoms with Gasteiger partial charge in [0.1, 0.15) is 12.4 Å². The molecule has 0 radical (unpaired) electrons. The van der Waals surface area contributed by atoms with Crippen molar-refractivity contribution in [2.75, 3.05) is 33.5 Å². The fourth-order valence-corrected chi connectivity index (χ4v) is 1.73. The van der Waals surface area contributed by atoms with Gasteiger partial charge in [-0.05, 0) is 6.42 Å². The Morgan fingerprint density at radius 1 is 1.31 bits per heavy atom. The van der Waals surface area contributed by atoms with Crippen LogP contribution >= 0.6 is 11.3 Å². The van der Waals surface area contributed by atoms with E-state index in [9.17, 15) is 4.79 Å². The Morgan fingerprint density at radius 2 is 2.19 bits per heavy atom. The third kappa shape index (κ3) is 5.25. The number of thiophene rings is 1. The normalized spacial score (nSPS) is 10.3. The molecule has 0 aliphatic rings. The van der Waals surface area contributed by atoms with Crippen molar-refractivity contribution in [2.45, 2.75) is 6.42 Å². The van der Waals surface area contributed by atoms with E-state index < -0.39 is 0 Å². The molecule has 0 aliphatic carbocycles. The second kappa shape index (κ2) is 8.27. The molecule has 0 unspecified atom stereocenters. The van der Waals surface area contributed by atoms with Crippen molar-refractivity contribution in [1.29, 1.82) is 0 Å². The van der Waals surface area contributed by atoms with Crippen molar-refractivity contribution >= 4 is 17.6 Å². The quantitative estimate of drug-likeness (QED) is 0.492. The number of aldehydes is 1. The number of methoxy groups -OCH3 is 1. The Kier molecular flexibility index (Phi) is 6.80. The highest BCUT2D eigenvalue weighted by Crippen LogP contribution is 2.19. The van der Waals surface area contributed by atoms with Crippen molar-refractivity contribution < 1.29 is 19.0 Å². The van der Waals surface area contributed by atoms with E-state index in [1.807, 2.05) is 5.38 Å². The first-order valence-electron chi connectivity index (χ1n) is 5.10. The molecule has 0 saturated carbocycles. The lowest BCUT2D eigenvalue weighted by Crippen LogP contribution is -2.08. The summed E-state index contributed by atoms with van der Waals surface area (Å²) in [4.78, 5) is 11.1. The Bertz CT molecular complexity index is 298. The van der Waals surface area contributed by atoms with Crippen LogP contribution in [0.15, 0.2) is 11.4 Å². The summed E-state index contributed by atoms with van der Waals surface area (Å²) in [5.74, 6) is 0.729. The molecule has 0 amide bonds. The van der Waals surface area contributed by atoms with Gasteiger partial charge in [-0.1, -0.05) is 0 Å². The molecule has 1 heterocycles. The fraction of sp³-hybridized carbons (Fsp3) is 0.545. The highest BCUT2D eigenvalue weighted by molar-refractivity contribution is 7.11.